The molecule has 1 aromatic heterocycles. The van der Waals surface area contributed by atoms with Gasteiger partial charge >= 0.3 is 0 Å². The van der Waals surface area contributed by atoms with E-state index in [1.54, 1.807) is 37.4 Å². The molecule has 0 saturated carbocycles. The van der Waals surface area contributed by atoms with Gasteiger partial charge in [0, 0.05) is 12.1 Å². The number of nitrogens with zero attached hydrogens (tertiary/aromatic N) is 1. The molecule has 0 aliphatic carbocycles. The maximum atomic E-state index is 12.8. The second kappa shape index (κ2) is 12.0. The topological polar surface area (TPSA) is 113 Å². The number of nitro benzene ring substituents is 1. The highest BCUT2D eigenvalue weighted by molar-refractivity contribution is 6.02. The van der Waals surface area contributed by atoms with Crippen LogP contribution in [-0.2, 0) is 6.61 Å². The Hall–Kier alpha value is -4.79. The molecule has 1 amide bonds. The summed E-state index contributed by atoms with van der Waals surface area (Å²) < 4.78 is 22.3. The number of furan rings is 1. The van der Waals surface area contributed by atoms with Crippen LogP contribution in [0.4, 0.5) is 11.4 Å². The van der Waals surface area contributed by atoms with Gasteiger partial charge < -0.3 is 23.9 Å². The maximum absolute atomic E-state index is 12.8. The van der Waals surface area contributed by atoms with Crippen molar-refractivity contribution < 1.29 is 28.3 Å². The molecule has 0 saturated heterocycles. The number of ether oxygens (including phenoxy) is 3. The van der Waals surface area contributed by atoms with Gasteiger partial charge in [-0.15, -0.1) is 0 Å². The van der Waals surface area contributed by atoms with E-state index in [2.05, 4.69) is 19.2 Å². The summed E-state index contributed by atoms with van der Waals surface area (Å²) in [7, 11) is 1.55. The minimum Gasteiger partial charge on any atom is -0.497 e. The van der Waals surface area contributed by atoms with E-state index in [9.17, 15) is 14.9 Å². The van der Waals surface area contributed by atoms with Crippen LogP contribution in [0, 0.1) is 10.1 Å². The second-order valence-corrected chi connectivity index (χ2v) is 8.64. The van der Waals surface area contributed by atoms with Gasteiger partial charge in [0.05, 0.1) is 23.8 Å². The summed E-state index contributed by atoms with van der Waals surface area (Å²) in [6.07, 6.45) is 1.06. The van der Waals surface area contributed by atoms with Gasteiger partial charge in [-0.25, -0.2) is 0 Å². The fourth-order valence-electron chi connectivity index (χ4n) is 3.65. The zero-order chi connectivity index (χ0) is 27.1. The lowest BCUT2D eigenvalue weighted by Crippen LogP contribution is -2.11. The summed E-state index contributed by atoms with van der Waals surface area (Å²) in [5, 5.41) is 14.1. The fourth-order valence-corrected chi connectivity index (χ4v) is 3.65. The summed E-state index contributed by atoms with van der Waals surface area (Å²) in [5.41, 5.74) is 1.19. The van der Waals surface area contributed by atoms with Crippen molar-refractivity contribution in [3.63, 3.8) is 0 Å². The Bertz CT molecular complexity index is 1400. The van der Waals surface area contributed by atoms with E-state index in [1.807, 2.05) is 24.3 Å². The highest BCUT2D eigenvalue weighted by Gasteiger charge is 2.16. The van der Waals surface area contributed by atoms with Gasteiger partial charge in [0.1, 0.15) is 35.4 Å². The standard InChI is InChI=1S/C29H28N2O7/c1-4-19(2)20-5-7-24(8-6-20)36-18-26-13-14-28(38-26)29(32)30-21-15-22(31(33)34)17-27(16-21)37-25-11-9-23(35-3)10-12-25/h5-17,19H,4,18H2,1-3H3,(H,30,32). The first-order valence-corrected chi connectivity index (χ1v) is 12.1. The predicted molar refractivity (Wildman–Crippen MR) is 142 cm³/mol. The molecule has 9 heteroatoms. The molecule has 0 fully saturated rings. The van der Waals surface area contributed by atoms with Crippen molar-refractivity contribution in [1.29, 1.82) is 0 Å². The normalized spacial score (nSPS) is 11.4. The molecule has 1 unspecified atom stereocenters. The lowest BCUT2D eigenvalue weighted by molar-refractivity contribution is -0.384. The van der Waals surface area contributed by atoms with Crippen molar-refractivity contribution >= 4 is 17.3 Å². The van der Waals surface area contributed by atoms with E-state index in [1.165, 1.54) is 29.8 Å². The number of rotatable bonds is 11. The Morgan fingerprint density at radius 2 is 1.63 bits per heavy atom. The third kappa shape index (κ3) is 6.70. The molecule has 1 heterocycles. The van der Waals surface area contributed by atoms with Gasteiger partial charge in [-0.1, -0.05) is 26.0 Å². The Morgan fingerprint density at radius 1 is 0.947 bits per heavy atom. The average Bonchev–Trinajstić information content (AvgIpc) is 3.41. The van der Waals surface area contributed by atoms with Gasteiger partial charge in [0.15, 0.2) is 5.76 Å². The van der Waals surface area contributed by atoms with E-state index < -0.39 is 10.8 Å². The van der Waals surface area contributed by atoms with Crippen molar-refractivity contribution in [2.45, 2.75) is 32.8 Å². The van der Waals surface area contributed by atoms with Gasteiger partial charge in [0.2, 0.25) is 0 Å². The third-order valence-electron chi connectivity index (χ3n) is 5.98. The van der Waals surface area contributed by atoms with Gasteiger partial charge in [0.25, 0.3) is 11.6 Å². The summed E-state index contributed by atoms with van der Waals surface area (Å²) >= 11 is 0. The number of hydrogen-bond acceptors (Lipinski definition) is 7. The lowest BCUT2D eigenvalue weighted by atomic mass is 9.99. The molecule has 196 valence electrons. The van der Waals surface area contributed by atoms with Crippen molar-refractivity contribution in [2.75, 3.05) is 12.4 Å². The fraction of sp³-hybridized carbons (Fsp3) is 0.207. The quantitative estimate of drug-likeness (QED) is 0.164. The monoisotopic (exact) mass is 516 g/mol. The number of carbonyl (C=O) groups excluding carboxylic acids is 1. The predicted octanol–water partition coefficient (Wildman–Crippen LogP) is 7.33. The first kappa shape index (κ1) is 26.3. The lowest BCUT2D eigenvalue weighted by Gasteiger charge is -2.10. The Labute approximate surface area is 220 Å². The molecule has 3 aromatic carbocycles. The van der Waals surface area contributed by atoms with E-state index >= 15 is 0 Å². The van der Waals surface area contributed by atoms with Crippen LogP contribution in [0.5, 0.6) is 23.0 Å². The molecule has 4 aromatic rings. The highest BCUT2D eigenvalue weighted by Crippen LogP contribution is 2.31. The molecule has 0 spiro atoms. The third-order valence-corrected chi connectivity index (χ3v) is 5.98. The Balaban J connectivity index is 1.41. The van der Waals surface area contributed by atoms with E-state index in [0.29, 0.717) is 28.9 Å². The summed E-state index contributed by atoms with van der Waals surface area (Å²) in [6.45, 7) is 4.47. The van der Waals surface area contributed by atoms with Crippen molar-refractivity contribution in [3.05, 3.63) is 106 Å². The number of anilines is 1. The summed E-state index contributed by atoms with van der Waals surface area (Å²) in [6, 6.07) is 21.8. The van der Waals surface area contributed by atoms with Crippen LogP contribution in [-0.4, -0.2) is 17.9 Å². The highest BCUT2D eigenvalue weighted by atomic mass is 16.6. The molecule has 0 aliphatic rings. The van der Waals surface area contributed by atoms with Crippen LogP contribution in [0.1, 0.15) is 48.1 Å². The van der Waals surface area contributed by atoms with E-state index in [-0.39, 0.29) is 29.5 Å². The average molecular weight is 517 g/mol. The van der Waals surface area contributed by atoms with Crippen LogP contribution in [0.3, 0.4) is 0 Å². The number of methoxy groups -OCH3 is 1. The number of benzene rings is 3. The Morgan fingerprint density at radius 3 is 2.29 bits per heavy atom. The molecule has 0 aliphatic heterocycles. The molecule has 0 bridgehead atoms. The molecule has 38 heavy (non-hydrogen) atoms. The Kier molecular flexibility index (Phi) is 8.27. The molecule has 0 radical (unpaired) electrons. The van der Waals surface area contributed by atoms with Crippen LogP contribution >= 0.6 is 0 Å². The summed E-state index contributed by atoms with van der Waals surface area (Å²) in [4.78, 5) is 23.7. The number of carbonyl (C=O) groups is 1. The second-order valence-electron chi connectivity index (χ2n) is 8.64. The van der Waals surface area contributed by atoms with Crippen molar-refractivity contribution in [1.82, 2.24) is 0 Å². The maximum Gasteiger partial charge on any atom is 0.291 e. The number of nitrogens with one attached hydrogen (secondary N) is 1. The first-order valence-electron chi connectivity index (χ1n) is 12.1. The van der Waals surface area contributed by atoms with E-state index in [4.69, 9.17) is 18.6 Å². The van der Waals surface area contributed by atoms with Gasteiger partial charge in [-0.3, -0.25) is 14.9 Å². The molecular formula is C29H28N2O7. The number of hydrogen-bond donors (Lipinski definition) is 1. The van der Waals surface area contributed by atoms with Gasteiger partial charge in [-0.05, 0) is 66.4 Å². The van der Waals surface area contributed by atoms with E-state index in [0.717, 1.165) is 6.42 Å². The van der Waals surface area contributed by atoms with Crippen LogP contribution in [0.25, 0.3) is 0 Å². The molecule has 9 nitrogen and oxygen atoms in total. The van der Waals surface area contributed by atoms with Crippen LogP contribution < -0.4 is 19.5 Å². The number of nitro groups is 1. The van der Waals surface area contributed by atoms with Crippen molar-refractivity contribution in [3.8, 4) is 23.0 Å². The zero-order valence-electron chi connectivity index (χ0n) is 21.3. The largest absolute Gasteiger partial charge is 0.497 e. The van der Waals surface area contributed by atoms with Crippen LogP contribution in [0.2, 0.25) is 0 Å². The number of non-ortho nitro benzene ring substituents is 1. The minimum atomic E-state index is -0.565. The van der Waals surface area contributed by atoms with Crippen molar-refractivity contribution in [2.24, 2.45) is 0 Å². The number of amides is 1. The SMILES string of the molecule is CCC(C)c1ccc(OCc2ccc(C(=O)Nc3cc(Oc4ccc(OC)cc4)cc([N+](=O)[O-])c3)o2)cc1. The zero-order valence-corrected chi connectivity index (χ0v) is 21.3. The smallest absolute Gasteiger partial charge is 0.291 e. The molecule has 4 rings (SSSR count). The first-order chi connectivity index (χ1) is 18.3. The minimum absolute atomic E-state index is 0.0415. The molecule has 1 atom stereocenters. The van der Waals surface area contributed by atoms with Crippen LogP contribution in [0.15, 0.2) is 83.3 Å². The summed E-state index contributed by atoms with van der Waals surface area (Å²) in [5.74, 6) is 2.40. The molecular weight excluding hydrogens is 488 g/mol. The molecule has 1 N–H and O–H groups in total. The van der Waals surface area contributed by atoms with Gasteiger partial charge in [-0.2, -0.15) is 0 Å².